The first-order valence-corrected chi connectivity index (χ1v) is 3.77. The molecule has 0 atom stereocenters. The van der Waals surface area contributed by atoms with Crippen molar-refractivity contribution >= 4 is 9.84 Å². The monoisotopic (exact) mass is 182 g/mol. The van der Waals surface area contributed by atoms with E-state index in [-0.39, 0.29) is 12.5 Å². The van der Waals surface area contributed by atoms with E-state index in [0.717, 1.165) is 0 Å². The van der Waals surface area contributed by atoms with Gasteiger partial charge in [0.1, 0.15) is 12.5 Å². The fourth-order valence-electron chi connectivity index (χ4n) is 0.246. The minimum absolute atomic E-state index is 0.116. The van der Waals surface area contributed by atoms with Crippen LogP contribution in [0.3, 0.4) is 0 Å². The van der Waals surface area contributed by atoms with Crippen LogP contribution in [0.5, 0.6) is 0 Å². The second-order valence-electron chi connectivity index (χ2n) is 1.44. The lowest BCUT2D eigenvalue weighted by atomic mass is 11.1. The molecule has 0 unspecified atom stereocenters. The number of aliphatic hydroxyl groups excluding tert-OH is 4. The summed E-state index contributed by atoms with van der Waals surface area (Å²) in [6.45, 7) is 0. The van der Waals surface area contributed by atoms with Crippen LogP contribution in [0.4, 0.5) is 0 Å². The Morgan fingerprint density at radius 1 is 1.00 bits per heavy atom. The average Bonchev–Trinajstić information content (AvgIpc) is 2.01. The zero-order chi connectivity index (χ0) is 9.07. The van der Waals surface area contributed by atoms with Gasteiger partial charge in [-0.2, -0.15) is 0 Å². The Morgan fingerprint density at radius 2 is 1.27 bits per heavy atom. The summed E-state index contributed by atoms with van der Waals surface area (Å²) in [5.74, 6) is 0. The van der Waals surface area contributed by atoms with E-state index >= 15 is 0 Å². The van der Waals surface area contributed by atoms with Gasteiger partial charge in [-0.1, -0.05) is 0 Å². The summed E-state index contributed by atoms with van der Waals surface area (Å²) < 4.78 is 21.1. The Kier molecular flexibility index (Phi) is 2.76. The molecule has 0 heterocycles. The van der Waals surface area contributed by atoms with Crippen molar-refractivity contribution in [3.8, 4) is 0 Å². The van der Waals surface area contributed by atoms with Gasteiger partial charge >= 0.3 is 0 Å². The van der Waals surface area contributed by atoms with Gasteiger partial charge in [-0.25, -0.2) is 8.42 Å². The highest BCUT2D eigenvalue weighted by atomic mass is 32.2. The summed E-state index contributed by atoms with van der Waals surface area (Å²) >= 11 is 0. The highest BCUT2D eigenvalue weighted by molar-refractivity contribution is 7.98. The molecule has 0 saturated carbocycles. The minimum atomic E-state index is -4.51. The molecule has 0 spiro atoms. The van der Waals surface area contributed by atoms with E-state index < -0.39 is 20.0 Å². The van der Waals surface area contributed by atoms with Gasteiger partial charge in [0.2, 0.25) is 0 Å². The van der Waals surface area contributed by atoms with Gasteiger partial charge in [0, 0.05) is 0 Å². The Labute approximate surface area is 62.3 Å². The third-order valence-electron chi connectivity index (χ3n) is 0.772. The third-order valence-corrected chi connectivity index (χ3v) is 2.08. The van der Waals surface area contributed by atoms with Crippen LogP contribution in [0.1, 0.15) is 0 Å². The summed E-state index contributed by atoms with van der Waals surface area (Å²) in [6.07, 6.45) is -0.232. The van der Waals surface area contributed by atoms with E-state index in [0.29, 0.717) is 0 Å². The van der Waals surface area contributed by atoms with Crippen molar-refractivity contribution in [3.05, 3.63) is 22.7 Å². The first kappa shape index (κ1) is 9.63. The van der Waals surface area contributed by atoms with E-state index in [9.17, 15) is 8.42 Å². The molecular formula is C4H6O6S. The van der Waals surface area contributed by atoms with Gasteiger partial charge in [0.05, 0.1) is 0 Å². The lowest BCUT2D eigenvalue weighted by Crippen LogP contribution is -2.06. The molecule has 7 heteroatoms. The SMILES string of the molecule is O=S(=O)(C(O)=CO)C(O)=CO. The zero-order valence-corrected chi connectivity index (χ0v) is 5.98. The first-order valence-electron chi connectivity index (χ1n) is 2.28. The smallest absolute Gasteiger partial charge is 0.277 e. The quantitative estimate of drug-likeness (QED) is 0.454. The number of rotatable bonds is 2. The molecule has 0 aromatic heterocycles. The molecule has 4 N–H and O–H groups in total. The van der Waals surface area contributed by atoms with Gasteiger partial charge in [0.25, 0.3) is 20.0 Å². The Bertz CT molecular complexity index is 260. The van der Waals surface area contributed by atoms with Gasteiger partial charge in [0.15, 0.2) is 0 Å². The van der Waals surface area contributed by atoms with Crippen molar-refractivity contribution < 1.29 is 28.8 Å². The molecule has 11 heavy (non-hydrogen) atoms. The van der Waals surface area contributed by atoms with Crippen molar-refractivity contribution in [2.24, 2.45) is 0 Å². The van der Waals surface area contributed by atoms with Gasteiger partial charge in [-0.05, 0) is 0 Å². The molecule has 0 aliphatic heterocycles. The maximum atomic E-state index is 10.5. The van der Waals surface area contributed by atoms with Crippen molar-refractivity contribution in [2.75, 3.05) is 0 Å². The van der Waals surface area contributed by atoms with Crippen molar-refractivity contribution in [3.63, 3.8) is 0 Å². The maximum absolute atomic E-state index is 10.5. The molecule has 0 aromatic carbocycles. The topological polar surface area (TPSA) is 115 Å². The summed E-state index contributed by atoms with van der Waals surface area (Å²) in [7, 11) is -4.51. The largest absolute Gasteiger partial charge is 0.511 e. The Morgan fingerprint density at radius 3 is 1.45 bits per heavy atom. The highest BCUT2D eigenvalue weighted by Crippen LogP contribution is 2.10. The predicted molar refractivity (Wildman–Crippen MR) is 35.6 cm³/mol. The molecule has 0 aliphatic carbocycles. The second-order valence-corrected chi connectivity index (χ2v) is 3.28. The number of aliphatic hydroxyl groups is 4. The van der Waals surface area contributed by atoms with Crippen LogP contribution in [0.25, 0.3) is 0 Å². The van der Waals surface area contributed by atoms with Gasteiger partial charge in [-0.3, -0.25) is 0 Å². The highest BCUT2D eigenvalue weighted by Gasteiger charge is 2.22. The molecule has 0 amide bonds. The molecule has 0 radical (unpaired) electrons. The van der Waals surface area contributed by atoms with Crippen LogP contribution in [-0.4, -0.2) is 28.8 Å². The minimum Gasteiger partial charge on any atom is -0.511 e. The number of sulfone groups is 1. The van der Waals surface area contributed by atoms with Crippen LogP contribution < -0.4 is 0 Å². The molecule has 0 fully saturated rings. The van der Waals surface area contributed by atoms with Crippen LogP contribution in [0.2, 0.25) is 0 Å². The third kappa shape index (κ3) is 1.77. The van der Waals surface area contributed by atoms with E-state index in [1.165, 1.54) is 0 Å². The standard InChI is InChI=1S/C4H6O6S/c5-1-3(7)11(9,10)4(8)2-6/h1-2,5-8H. The molecule has 0 rings (SSSR count). The van der Waals surface area contributed by atoms with Crippen molar-refractivity contribution in [2.45, 2.75) is 0 Å². The summed E-state index contributed by atoms with van der Waals surface area (Å²) in [5, 5.41) is 29.9. The lowest BCUT2D eigenvalue weighted by molar-refractivity contribution is 0.367. The number of hydrogen-bond donors (Lipinski definition) is 4. The molecule has 64 valence electrons. The molecule has 0 bridgehead atoms. The normalized spacial score (nSPS) is 14.9. The summed E-state index contributed by atoms with van der Waals surface area (Å²) in [5.41, 5.74) is 0. The van der Waals surface area contributed by atoms with Crippen molar-refractivity contribution in [1.82, 2.24) is 0 Å². The Balaban J connectivity index is 5.09. The zero-order valence-electron chi connectivity index (χ0n) is 5.17. The Hall–Kier alpha value is -1.37. The van der Waals surface area contributed by atoms with E-state index in [1.54, 1.807) is 0 Å². The van der Waals surface area contributed by atoms with E-state index in [4.69, 9.17) is 20.4 Å². The van der Waals surface area contributed by atoms with E-state index in [2.05, 4.69) is 0 Å². The molecule has 6 nitrogen and oxygen atoms in total. The van der Waals surface area contributed by atoms with Gasteiger partial charge < -0.3 is 20.4 Å². The van der Waals surface area contributed by atoms with E-state index in [1.807, 2.05) is 0 Å². The second kappa shape index (κ2) is 3.15. The van der Waals surface area contributed by atoms with Crippen LogP contribution in [0, 0.1) is 0 Å². The van der Waals surface area contributed by atoms with Crippen LogP contribution in [-0.2, 0) is 9.84 Å². The average molecular weight is 182 g/mol. The molecule has 0 aromatic rings. The summed E-state index contributed by atoms with van der Waals surface area (Å²) in [4.78, 5) is 0. The van der Waals surface area contributed by atoms with Gasteiger partial charge in [-0.15, -0.1) is 0 Å². The molecule has 0 saturated heterocycles. The fraction of sp³-hybridized carbons (Fsp3) is 0. The lowest BCUT2D eigenvalue weighted by Gasteiger charge is -1.97. The van der Waals surface area contributed by atoms with Crippen molar-refractivity contribution in [1.29, 1.82) is 0 Å². The molecule has 0 aliphatic rings. The predicted octanol–water partition coefficient (Wildman–Crippen LogP) is 0.231. The molecular weight excluding hydrogens is 176 g/mol. The summed E-state index contributed by atoms with van der Waals surface area (Å²) in [6, 6.07) is 0. The van der Waals surface area contributed by atoms with Crippen LogP contribution in [0.15, 0.2) is 22.7 Å². The maximum Gasteiger partial charge on any atom is 0.277 e. The van der Waals surface area contributed by atoms with Crippen LogP contribution >= 0.6 is 0 Å². The fourth-order valence-corrected chi connectivity index (χ4v) is 0.738. The first-order chi connectivity index (χ1) is 4.96. The number of hydrogen-bond acceptors (Lipinski definition) is 6.